The highest BCUT2D eigenvalue weighted by Crippen LogP contribution is 2.15. The van der Waals surface area contributed by atoms with E-state index in [1.54, 1.807) is 50.4 Å². The van der Waals surface area contributed by atoms with E-state index in [0.29, 0.717) is 17.1 Å². The van der Waals surface area contributed by atoms with Crippen LogP contribution in [-0.2, 0) is 11.3 Å². The number of benzene rings is 1. The Labute approximate surface area is 175 Å². The minimum atomic E-state index is -0.536. The predicted octanol–water partition coefficient (Wildman–Crippen LogP) is 3.21. The molecular weight excluding hydrogens is 384 g/mol. The monoisotopic (exact) mass is 412 g/mol. The van der Waals surface area contributed by atoms with Crippen molar-refractivity contribution in [3.05, 3.63) is 52.4 Å². The Hall–Kier alpha value is -3.29. The molecule has 0 atom stereocenters. The van der Waals surface area contributed by atoms with Gasteiger partial charge >= 0.3 is 6.03 Å². The molecule has 8 nitrogen and oxygen atoms in total. The molecule has 2 heterocycles. The molecule has 0 bridgehead atoms. The van der Waals surface area contributed by atoms with E-state index >= 15 is 0 Å². The summed E-state index contributed by atoms with van der Waals surface area (Å²) in [6.07, 6.45) is 4.25. The van der Waals surface area contributed by atoms with Gasteiger partial charge < -0.3 is 24.8 Å². The van der Waals surface area contributed by atoms with Gasteiger partial charge in [-0.1, -0.05) is 12.8 Å². The molecule has 0 saturated carbocycles. The lowest BCUT2D eigenvalue weighted by Crippen LogP contribution is -2.38. The molecule has 30 heavy (non-hydrogen) atoms. The molecule has 3 amide bonds. The number of nitrogens with one attached hydrogen (secondary N) is 2. The number of carbonyl (C=O) groups is 2. The largest absolute Gasteiger partial charge is 0.497 e. The first-order chi connectivity index (χ1) is 14.5. The van der Waals surface area contributed by atoms with Crippen LogP contribution in [0, 0.1) is 6.92 Å². The van der Waals surface area contributed by atoms with Crippen LogP contribution in [0.15, 0.2) is 41.2 Å². The minimum Gasteiger partial charge on any atom is -0.497 e. The van der Waals surface area contributed by atoms with Crippen LogP contribution in [0.25, 0.3) is 0 Å². The third kappa shape index (κ3) is 5.40. The molecule has 2 N–H and O–H groups in total. The normalized spacial score (nSPS) is 14.0. The Morgan fingerprint density at radius 1 is 0.967 bits per heavy atom. The first-order valence-electron chi connectivity index (χ1n) is 10.2. The SMILES string of the molecule is COc1ccc(NC(=O)Nc2ccc(C)n(CC(=O)N3CCCCCC3)c2=O)cc1. The lowest BCUT2D eigenvalue weighted by Gasteiger charge is -2.21. The van der Waals surface area contributed by atoms with Crippen molar-refractivity contribution in [2.24, 2.45) is 0 Å². The Balaban J connectivity index is 1.69. The Morgan fingerprint density at radius 3 is 2.27 bits per heavy atom. The van der Waals surface area contributed by atoms with Gasteiger partial charge in [-0.3, -0.25) is 9.59 Å². The number of methoxy groups -OCH3 is 1. The van der Waals surface area contributed by atoms with E-state index in [-0.39, 0.29) is 18.1 Å². The lowest BCUT2D eigenvalue weighted by atomic mass is 10.2. The number of ether oxygens (including phenoxy) is 1. The molecule has 160 valence electrons. The first kappa shape index (κ1) is 21.4. The molecule has 8 heteroatoms. The molecule has 0 radical (unpaired) electrons. The summed E-state index contributed by atoms with van der Waals surface area (Å²) in [6, 6.07) is 9.59. The molecule has 2 aromatic rings. The first-order valence-corrected chi connectivity index (χ1v) is 10.2. The van der Waals surface area contributed by atoms with Crippen molar-refractivity contribution in [3.63, 3.8) is 0 Å². The van der Waals surface area contributed by atoms with Gasteiger partial charge in [0, 0.05) is 24.5 Å². The van der Waals surface area contributed by atoms with Crippen molar-refractivity contribution in [2.75, 3.05) is 30.8 Å². The van der Waals surface area contributed by atoms with Crippen molar-refractivity contribution in [2.45, 2.75) is 39.2 Å². The average molecular weight is 412 g/mol. The molecular formula is C22H28N4O4. The number of likely N-dealkylation sites (tertiary alicyclic amines) is 1. The maximum Gasteiger partial charge on any atom is 0.323 e. The van der Waals surface area contributed by atoms with E-state index in [1.807, 2.05) is 4.90 Å². The Kier molecular flexibility index (Phi) is 7.11. The molecule has 0 unspecified atom stereocenters. The van der Waals surface area contributed by atoms with Gasteiger partial charge in [0.25, 0.3) is 5.56 Å². The number of amides is 3. The average Bonchev–Trinajstić information content (AvgIpc) is 3.03. The summed E-state index contributed by atoms with van der Waals surface area (Å²) >= 11 is 0. The molecule has 1 aromatic carbocycles. The molecule has 1 saturated heterocycles. The molecule has 0 spiro atoms. The number of pyridine rings is 1. The quantitative estimate of drug-likeness (QED) is 0.789. The molecule has 0 aliphatic carbocycles. The van der Waals surface area contributed by atoms with Gasteiger partial charge in [0.1, 0.15) is 18.0 Å². The van der Waals surface area contributed by atoms with Crippen LogP contribution in [0.4, 0.5) is 16.2 Å². The predicted molar refractivity (Wildman–Crippen MR) is 116 cm³/mol. The lowest BCUT2D eigenvalue weighted by molar-refractivity contribution is -0.131. The smallest absolute Gasteiger partial charge is 0.323 e. The molecule has 3 rings (SSSR count). The van der Waals surface area contributed by atoms with Crippen molar-refractivity contribution < 1.29 is 14.3 Å². The van der Waals surface area contributed by atoms with Crippen LogP contribution in [0.2, 0.25) is 0 Å². The van der Waals surface area contributed by atoms with E-state index in [4.69, 9.17) is 4.74 Å². The Morgan fingerprint density at radius 2 is 1.63 bits per heavy atom. The number of hydrogen-bond donors (Lipinski definition) is 2. The van der Waals surface area contributed by atoms with Crippen LogP contribution in [0.5, 0.6) is 5.75 Å². The zero-order valence-electron chi connectivity index (χ0n) is 17.4. The fraction of sp³-hybridized carbons (Fsp3) is 0.409. The van der Waals surface area contributed by atoms with E-state index in [1.165, 1.54) is 4.57 Å². The standard InChI is InChI=1S/C22H28N4O4/c1-16-7-12-19(24-22(29)23-17-8-10-18(30-2)11-9-17)21(28)26(16)15-20(27)25-13-5-3-4-6-14-25/h7-12H,3-6,13-15H2,1-2H3,(H2,23,24,29). The molecule has 1 aromatic heterocycles. The third-order valence-electron chi connectivity index (χ3n) is 5.24. The van der Waals surface area contributed by atoms with Gasteiger partial charge in [-0.15, -0.1) is 0 Å². The van der Waals surface area contributed by atoms with Crippen molar-refractivity contribution >= 4 is 23.3 Å². The molecule has 1 aliphatic heterocycles. The maximum absolute atomic E-state index is 12.9. The Bertz CT molecular complexity index is 945. The topological polar surface area (TPSA) is 92.7 Å². The van der Waals surface area contributed by atoms with Crippen molar-refractivity contribution in [3.8, 4) is 5.75 Å². The zero-order valence-corrected chi connectivity index (χ0v) is 17.4. The summed E-state index contributed by atoms with van der Waals surface area (Å²) in [5, 5.41) is 5.25. The number of urea groups is 1. The van der Waals surface area contributed by atoms with Gasteiger partial charge in [-0.25, -0.2) is 4.79 Å². The van der Waals surface area contributed by atoms with E-state index < -0.39 is 11.6 Å². The second-order valence-corrected chi connectivity index (χ2v) is 7.38. The van der Waals surface area contributed by atoms with Crippen LogP contribution in [0.1, 0.15) is 31.4 Å². The summed E-state index contributed by atoms with van der Waals surface area (Å²) < 4.78 is 6.50. The maximum atomic E-state index is 12.9. The fourth-order valence-corrected chi connectivity index (χ4v) is 3.48. The number of anilines is 2. The van der Waals surface area contributed by atoms with Gasteiger partial charge in [-0.05, 0) is 56.2 Å². The summed E-state index contributed by atoms with van der Waals surface area (Å²) in [5.41, 5.74) is 0.958. The van der Waals surface area contributed by atoms with Crippen LogP contribution in [0.3, 0.4) is 0 Å². The van der Waals surface area contributed by atoms with E-state index in [9.17, 15) is 14.4 Å². The number of nitrogens with zero attached hydrogens (tertiary/aromatic N) is 2. The number of carbonyl (C=O) groups excluding carboxylic acids is 2. The summed E-state index contributed by atoms with van der Waals surface area (Å²) in [5.74, 6) is 0.610. The van der Waals surface area contributed by atoms with Gasteiger partial charge in [0.2, 0.25) is 5.91 Å². The highest BCUT2D eigenvalue weighted by Gasteiger charge is 2.18. The van der Waals surface area contributed by atoms with Gasteiger partial charge in [0.15, 0.2) is 0 Å². The van der Waals surface area contributed by atoms with Crippen molar-refractivity contribution in [1.82, 2.24) is 9.47 Å². The van der Waals surface area contributed by atoms with E-state index in [2.05, 4.69) is 10.6 Å². The second kappa shape index (κ2) is 9.96. The van der Waals surface area contributed by atoms with Gasteiger partial charge in [-0.2, -0.15) is 0 Å². The van der Waals surface area contributed by atoms with Crippen LogP contribution < -0.4 is 20.9 Å². The number of aryl methyl sites for hydroxylation is 1. The van der Waals surface area contributed by atoms with Crippen LogP contribution in [-0.4, -0.2) is 41.6 Å². The minimum absolute atomic E-state index is 0.0275. The number of hydrogen-bond acceptors (Lipinski definition) is 4. The zero-order chi connectivity index (χ0) is 21.5. The second-order valence-electron chi connectivity index (χ2n) is 7.38. The summed E-state index contributed by atoms with van der Waals surface area (Å²) in [6.45, 7) is 3.21. The summed E-state index contributed by atoms with van der Waals surface area (Å²) in [4.78, 5) is 39.7. The number of rotatable bonds is 5. The fourth-order valence-electron chi connectivity index (χ4n) is 3.48. The highest BCUT2D eigenvalue weighted by molar-refractivity contribution is 5.99. The third-order valence-corrected chi connectivity index (χ3v) is 5.24. The highest BCUT2D eigenvalue weighted by atomic mass is 16.5. The summed E-state index contributed by atoms with van der Waals surface area (Å²) in [7, 11) is 1.56. The molecule has 1 aliphatic rings. The molecule has 1 fully saturated rings. The van der Waals surface area contributed by atoms with Gasteiger partial charge in [0.05, 0.1) is 7.11 Å². The van der Waals surface area contributed by atoms with E-state index in [0.717, 1.165) is 38.8 Å². The number of aromatic nitrogens is 1. The van der Waals surface area contributed by atoms with Crippen LogP contribution >= 0.6 is 0 Å². The van der Waals surface area contributed by atoms with Crippen molar-refractivity contribution in [1.29, 1.82) is 0 Å².